The van der Waals surface area contributed by atoms with E-state index in [1.807, 2.05) is 0 Å². The minimum atomic E-state index is -3.79. The summed E-state index contributed by atoms with van der Waals surface area (Å²) >= 11 is 0. The van der Waals surface area contributed by atoms with Gasteiger partial charge in [0.1, 0.15) is 0 Å². The fraction of sp³-hybridized carbons (Fsp3) is 0.0417. The first kappa shape index (κ1) is 22.9. The summed E-state index contributed by atoms with van der Waals surface area (Å²) in [6, 6.07) is 17.3. The van der Waals surface area contributed by atoms with Crippen LogP contribution in [0, 0.1) is 0 Å². The Bertz CT molecular complexity index is 1610. The number of hydrogen-bond acceptors (Lipinski definition) is 6. The molecule has 0 aliphatic heterocycles. The lowest BCUT2D eigenvalue weighted by molar-refractivity contribution is 0.0697. The number of benzene rings is 3. The van der Waals surface area contributed by atoms with Gasteiger partial charge in [0, 0.05) is 17.0 Å². The van der Waals surface area contributed by atoms with Gasteiger partial charge in [-0.15, -0.1) is 0 Å². The molecular formula is C24H19N3O6S. The van der Waals surface area contributed by atoms with E-state index < -0.39 is 21.6 Å². The highest BCUT2D eigenvalue weighted by Crippen LogP contribution is 2.28. The SMILES string of the molecule is NS(=O)(=O)c1ccc(CN=Cc2c(O)[nH]c(=O)c3ccc(-c4cccc(C(=O)O)c4)cc23)cc1. The molecular weight excluding hydrogens is 458 g/mol. The molecule has 3 aromatic carbocycles. The standard InChI is InChI=1S/C24H19N3O6S/c25-34(32,33)18-7-4-14(5-8-18)12-26-13-21-20-11-16(6-9-19(20)22(28)27-23(21)29)15-2-1-3-17(10-15)24(30)31/h1-11,13H,12H2,(H,30,31)(H2,25,32,33)(H2,27,28,29). The Morgan fingerprint density at radius 3 is 2.38 bits per heavy atom. The van der Waals surface area contributed by atoms with Gasteiger partial charge in [0.05, 0.1) is 22.6 Å². The lowest BCUT2D eigenvalue weighted by Crippen LogP contribution is -2.11. The van der Waals surface area contributed by atoms with Gasteiger partial charge in [-0.2, -0.15) is 0 Å². The Labute approximate surface area is 193 Å². The van der Waals surface area contributed by atoms with Gasteiger partial charge in [0.15, 0.2) is 0 Å². The number of carboxylic acid groups (broad SMARTS) is 1. The lowest BCUT2D eigenvalue weighted by Gasteiger charge is -2.08. The molecule has 172 valence electrons. The number of aromatic hydroxyl groups is 1. The number of aromatic amines is 1. The van der Waals surface area contributed by atoms with Crippen molar-refractivity contribution in [1.29, 1.82) is 0 Å². The molecule has 34 heavy (non-hydrogen) atoms. The normalized spacial score (nSPS) is 11.8. The quantitative estimate of drug-likeness (QED) is 0.312. The van der Waals surface area contributed by atoms with Crippen LogP contribution in [0.2, 0.25) is 0 Å². The number of nitrogens with zero attached hydrogens (tertiary/aromatic N) is 1. The molecule has 1 heterocycles. The summed E-state index contributed by atoms with van der Waals surface area (Å²) in [5.41, 5.74) is 1.94. The van der Waals surface area contributed by atoms with Crippen LogP contribution in [0.3, 0.4) is 0 Å². The number of nitrogens with two attached hydrogens (primary N) is 1. The molecule has 0 aliphatic rings. The maximum atomic E-state index is 12.4. The Balaban J connectivity index is 1.72. The van der Waals surface area contributed by atoms with Crippen LogP contribution < -0.4 is 10.7 Å². The fourth-order valence-electron chi connectivity index (χ4n) is 3.50. The van der Waals surface area contributed by atoms with Crippen molar-refractivity contribution in [3.63, 3.8) is 0 Å². The summed E-state index contributed by atoms with van der Waals surface area (Å²) in [5.74, 6) is -1.41. The number of fused-ring (bicyclic) bond motifs is 1. The number of primary sulfonamides is 1. The van der Waals surface area contributed by atoms with Gasteiger partial charge in [-0.05, 0) is 53.1 Å². The van der Waals surface area contributed by atoms with Crippen molar-refractivity contribution in [2.24, 2.45) is 10.1 Å². The van der Waals surface area contributed by atoms with Gasteiger partial charge in [0.25, 0.3) is 5.56 Å². The number of pyridine rings is 1. The van der Waals surface area contributed by atoms with E-state index in [9.17, 15) is 28.2 Å². The third-order valence-corrected chi connectivity index (χ3v) is 6.16. The highest BCUT2D eigenvalue weighted by Gasteiger charge is 2.12. The number of aromatic nitrogens is 1. The van der Waals surface area contributed by atoms with Crippen molar-refractivity contribution in [1.82, 2.24) is 4.98 Å². The van der Waals surface area contributed by atoms with E-state index >= 15 is 0 Å². The zero-order valence-electron chi connectivity index (χ0n) is 17.6. The smallest absolute Gasteiger partial charge is 0.335 e. The highest BCUT2D eigenvalue weighted by molar-refractivity contribution is 7.89. The average Bonchev–Trinajstić information content (AvgIpc) is 2.80. The predicted molar refractivity (Wildman–Crippen MR) is 128 cm³/mol. The summed E-state index contributed by atoms with van der Waals surface area (Å²) in [4.78, 5) is 30.4. The molecule has 5 N–H and O–H groups in total. The van der Waals surface area contributed by atoms with E-state index in [-0.39, 0.29) is 28.4 Å². The zero-order chi connectivity index (χ0) is 24.5. The monoisotopic (exact) mass is 477 g/mol. The van der Waals surface area contributed by atoms with Crippen LogP contribution >= 0.6 is 0 Å². The predicted octanol–water partition coefficient (Wildman–Crippen LogP) is 2.87. The van der Waals surface area contributed by atoms with Gasteiger partial charge in [0.2, 0.25) is 15.9 Å². The molecule has 1 aromatic heterocycles. The molecule has 0 unspecified atom stereocenters. The molecule has 10 heteroatoms. The molecule has 4 aromatic rings. The molecule has 0 radical (unpaired) electrons. The number of nitrogens with one attached hydrogen (secondary N) is 1. The van der Waals surface area contributed by atoms with Crippen molar-refractivity contribution < 1.29 is 23.4 Å². The number of hydrogen-bond donors (Lipinski definition) is 4. The van der Waals surface area contributed by atoms with Crippen molar-refractivity contribution in [3.05, 3.63) is 93.8 Å². The third-order valence-electron chi connectivity index (χ3n) is 5.23. The van der Waals surface area contributed by atoms with Crippen molar-refractivity contribution in [2.45, 2.75) is 11.4 Å². The van der Waals surface area contributed by atoms with E-state index in [2.05, 4.69) is 9.98 Å². The summed E-state index contributed by atoms with van der Waals surface area (Å²) in [7, 11) is -3.79. The van der Waals surface area contributed by atoms with Gasteiger partial charge in [-0.1, -0.05) is 30.3 Å². The highest BCUT2D eigenvalue weighted by atomic mass is 32.2. The summed E-state index contributed by atoms with van der Waals surface area (Å²) < 4.78 is 22.8. The minimum absolute atomic E-state index is 0.0102. The molecule has 0 saturated heterocycles. The fourth-order valence-corrected chi connectivity index (χ4v) is 4.02. The molecule has 0 aliphatic carbocycles. The molecule has 0 spiro atoms. The minimum Gasteiger partial charge on any atom is -0.494 e. The van der Waals surface area contributed by atoms with Crippen molar-refractivity contribution in [2.75, 3.05) is 0 Å². The van der Waals surface area contributed by atoms with Crippen LogP contribution in [0.1, 0.15) is 21.5 Å². The first-order chi connectivity index (χ1) is 16.1. The molecule has 0 amide bonds. The summed E-state index contributed by atoms with van der Waals surface area (Å²) in [6.45, 7) is 0.186. The van der Waals surface area contributed by atoms with E-state index in [0.29, 0.717) is 27.5 Å². The molecule has 4 rings (SSSR count). The van der Waals surface area contributed by atoms with E-state index in [4.69, 9.17) is 5.14 Å². The van der Waals surface area contributed by atoms with Crippen LogP contribution in [0.5, 0.6) is 5.88 Å². The van der Waals surface area contributed by atoms with E-state index in [1.165, 1.54) is 30.5 Å². The zero-order valence-corrected chi connectivity index (χ0v) is 18.4. The summed E-state index contributed by atoms with van der Waals surface area (Å²) in [6.07, 6.45) is 1.42. The van der Waals surface area contributed by atoms with Crippen LogP contribution in [0.25, 0.3) is 21.9 Å². The number of rotatable bonds is 6. The van der Waals surface area contributed by atoms with Gasteiger partial charge < -0.3 is 10.2 Å². The second kappa shape index (κ2) is 8.93. The number of aliphatic imine (C=N–C) groups is 1. The summed E-state index contributed by atoms with van der Waals surface area (Å²) in [5, 5.41) is 25.5. The topological polar surface area (TPSA) is 163 Å². The van der Waals surface area contributed by atoms with Gasteiger partial charge >= 0.3 is 5.97 Å². The number of carboxylic acids is 1. The van der Waals surface area contributed by atoms with E-state index in [0.717, 1.165) is 0 Å². The van der Waals surface area contributed by atoms with Crippen molar-refractivity contribution in [3.8, 4) is 17.0 Å². The van der Waals surface area contributed by atoms with Gasteiger partial charge in [-0.25, -0.2) is 18.4 Å². The Morgan fingerprint density at radius 1 is 1.00 bits per heavy atom. The Hall–Kier alpha value is -4.28. The maximum Gasteiger partial charge on any atom is 0.335 e. The molecule has 9 nitrogen and oxygen atoms in total. The number of aromatic carboxylic acids is 1. The Kier molecular flexibility index (Phi) is 6.01. The molecule has 0 saturated carbocycles. The molecule has 0 fully saturated rings. The number of carbonyl (C=O) groups is 1. The molecule has 0 bridgehead atoms. The number of sulfonamides is 1. The average molecular weight is 477 g/mol. The lowest BCUT2D eigenvalue weighted by atomic mass is 9.98. The van der Waals surface area contributed by atoms with Crippen LogP contribution in [0.4, 0.5) is 0 Å². The second-order valence-electron chi connectivity index (χ2n) is 7.52. The third kappa shape index (κ3) is 4.72. The van der Waals surface area contributed by atoms with E-state index in [1.54, 1.807) is 42.5 Å². The first-order valence-electron chi connectivity index (χ1n) is 9.98. The van der Waals surface area contributed by atoms with Crippen LogP contribution in [-0.2, 0) is 16.6 Å². The second-order valence-corrected chi connectivity index (χ2v) is 9.08. The Morgan fingerprint density at radius 2 is 1.71 bits per heavy atom. The van der Waals surface area contributed by atoms with Crippen molar-refractivity contribution >= 4 is 33.0 Å². The number of H-pyrrole nitrogens is 1. The van der Waals surface area contributed by atoms with Gasteiger partial charge in [-0.3, -0.25) is 14.8 Å². The largest absolute Gasteiger partial charge is 0.494 e. The first-order valence-corrected chi connectivity index (χ1v) is 11.5. The molecule has 0 atom stereocenters. The van der Waals surface area contributed by atoms with Crippen LogP contribution in [0.15, 0.2) is 81.4 Å². The maximum absolute atomic E-state index is 12.4. The van der Waals surface area contributed by atoms with Crippen LogP contribution in [-0.4, -0.2) is 35.8 Å².